The third-order valence-electron chi connectivity index (χ3n) is 3.19. The largest absolute Gasteiger partial charge is 0.329 e. The Hall–Kier alpha value is -0.940. The van der Waals surface area contributed by atoms with Crippen LogP contribution in [-0.2, 0) is 6.54 Å². The Morgan fingerprint density at radius 3 is 2.80 bits per heavy atom. The summed E-state index contributed by atoms with van der Waals surface area (Å²) in [5.74, 6) is 0. The first-order valence-electron chi connectivity index (χ1n) is 6.35. The molecule has 1 aromatic heterocycles. The lowest BCUT2D eigenvalue weighted by atomic mass is 10.1. The molecule has 1 unspecified atom stereocenters. The molecule has 0 spiro atoms. The van der Waals surface area contributed by atoms with Gasteiger partial charge < -0.3 is 5.73 Å². The van der Waals surface area contributed by atoms with E-state index in [2.05, 4.69) is 45.0 Å². The second-order valence-electron chi connectivity index (χ2n) is 4.73. The lowest BCUT2D eigenvalue weighted by Gasteiger charge is -2.27. The van der Waals surface area contributed by atoms with Crippen LogP contribution in [0, 0.1) is 0 Å². The van der Waals surface area contributed by atoms with E-state index in [0.29, 0.717) is 6.54 Å². The minimum Gasteiger partial charge on any atom is -0.329 e. The molecule has 0 radical (unpaired) electrons. The fraction of sp³-hybridized carbons (Fsp3) is 0.267. The molecule has 0 aliphatic rings. The highest BCUT2D eigenvalue weighted by Gasteiger charge is 2.16. The van der Waals surface area contributed by atoms with Gasteiger partial charge in [-0.2, -0.15) is 0 Å². The van der Waals surface area contributed by atoms with Gasteiger partial charge in [0.15, 0.2) is 0 Å². The highest BCUT2D eigenvalue weighted by molar-refractivity contribution is 9.10. The number of aromatic nitrogens is 1. The van der Waals surface area contributed by atoms with Gasteiger partial charge in [-0.05, 0) is 52.3 Å². The number of halogens is 2. The van der Waals surface area contributed by atoms with Crippen molar-refractivity contribution in [2.24, 2.45) is 5.73 Å². The van der Waals surface area contributed by atoms with Crippen LogP contribution in [0.1, 0.15) is 17.2 Å². The summed E-state index contributed by atoms with van der Waals surface area (Å²) in [6.45, 7) is 1.32. The standard InChI is InChI=1S/C15H17BrClN3/c1-20(10-11-3-2-4-14(17)5-11)15(7-18)12-6-13(16)9-19-8-12/h2-6,8-9,15H,7,10,18H2,1H3. The second kappa shape index (κ2) is 7.18. The van der Waals surface area contributed by atoms with Crippen molar-refractivity contribution in [1.82, 2.24) is 9.88 Å². The maximum Gasteiger partial charge on any atom is 0.0486 e. The van der Waals surface area contributed by atoms with Crippen molar-refractivity contribution in [3.8, 4) is 0 Å². The SMILES string of the molecule is CN(Cc1cccc(Cl)c1)C(CN)c1cncc(Br)c1. The predicted molar refractivity (Wildman–Crippen MR) is 86.7 cm³/mol. The van der Waals surface area contributed by atoms with Gasteiger partial charge in [0.1, 0.15) is 0 Å². The number of pyridine rings is 1. The number of likely N-dealkylation sites (N-methyl/N-ethyl adjacent to an activating group) is 1. The molecule has 0 bridgehead atoms. The summed E-state index contributed by atoms with van der Waals surface area (Å²) in [5, 5.41) is 0.754. The minimum absolute atomic E-state index is 0.124. The zero-order chi connectivity index (χ0) is 14.5. The highest BCUT2D eigenvalue weighted by Crippen LogP contribution is 2.23. The molecule has 20 heavy (non-hydrogen) atoms. The Balaban J connectivity index is 2.15. The third kappa shape index (κ3) is 4.03. The van der Waals surface area contributed by atoms with E-state index in [1.165, 1.54) is 5.56 Å². The van der Waals surface area contributed by atoms with Crippen molar-refractivity contribution in [1.29, 1.82) is 0 Å². The fourth-order valence-corrected chi connectivity index (χ4v) is 2.81. The maximum absolute atomic E-state index is 6.02. The smallest absolute Gasteiger partial charge is 0.0486 e. The van der Waals surface area contributed by atoms with Gasteiger partial charge in [0.2, 0.25) is 0 Å². The van der Waals surface area contributed by atoms with Gasteiger partial charge in [-0.25, -0.2) is 0 Å². The zero-order valence-electron chi connectivity index (χ0n) is 11.3. The molecule has 2 N–H and O–H groups in total. The second-order valence-corrected chi connectivity index (χ2v) is 6.09. The van der Waals surface area contributed by atoms with Crippen LogP contribution in [0.4, 0.5) is 0 Å². The predicted octanol–water partition coefficient (Wildman–Crippen LogP) is 3.63. The first-order valence-corrected chi connectivity index (χ1v) is 7.52. The van der Waals surface area contributed by atoms with Crippen molar-refractivity contribution in [3.63, 3.8) is 0 Å². The van der Waals surface area contributed by atoms with Crippen molar-refractivity contribution >= 4 is 27.5 Å². The average molecular weight is 355 g/mol. The number of nitrogens with zero attached hydrogens (tertiary/aromatic N) is 2. The number of rotatable bonds is 5. The van der Waals surface area contributed by atoms with E-state index in [9.17, 15) is 0 Å². The first kappa shape index (κ1) is 15.4. The molecule has 1 atom stereocenters. The molecular formula is C15H17BrClN3. The molecular weight excluding hydrogens is 338 g/mol. The first-order chi connectivity index (χ1) is 9.60. The van der Waals surface area contributed by atoms with E-state index in [-0.39, 0.29) is 6.04 Å². The zero-order valence-corrected chi connectivity index (χ0v) is 13.6. The van der Waals surface area contributed by atoms with Gasteiger partial charge in [-0.1, -0.05) is 23.7 Å². The van der Waals surface area contributed by atoms with E-state index >= 15 is 0 Å². The molecule has 0 aliphatic heterocycles. The Morgan fingerprint density at radius 2 is 2.15 bits per heavy atom. The molecule has 0 amide bonds. The molecule has 0 saturated heterocycles. The minimum atomic E-state index is 0.124. The molecule has 5 heteroatoms. The lowest BCUT2D eigenvalue weighted by molar-refractivity contribution is 0.241. The van der Waals surface area contributed by atoms with Crippen LogP contribution in [0.5, 0.6) is 0 Å². The molecule has 0 fully saturated rings. The number of nitrogens with two attached hydrogens (primary N) is 1. The van der Waals surface area contributed by atoms with Crippen LogP contribution in [0.25, 0.3) is 0 Å². The van der Waals surface area contributed by atoms with E-state index in [1.54, 1.807) is 6.20 Å². The van der Waals surface area contributed by atoms with Crippen LogP contribution in [0.15, 0.2) is 47.2 Å². The topological polar surface area (TPSA) is 42.1 Å². The van der Waals surface area contributed by atoms with Crippen LogP contribution in [0.2, 0.25) is 5.02 Å². The molecule has 0 aliphatic carbocycles. The Kier molecular flexibility index (Phi) is 5.54. The summed E-state index contributed by atoms with van der Waals surface area (Å²) in [5.41, 5.74) is 8.20. The van der Waals surface area contributed by atoms with Crippen molar-refractivity contribution in [2.75, 3.05) is 13.6 Å². The number of hydrogen-bond donors (Lipinski definition) is 1. The quantitative estimate of drug-likeness (QED) is 0.891. The summed E-state index contributed by atoms with van der Waals surface area (Å²) in [7, 11) is 2.05. The van der Waals surface area contributed by atoms with Gasteiger partial charge >= 0.3 is 0 Å². The summed E-state index contributed by atoms with van der Waals surface area (Å²) < 4.78 is 0.963. The summed E-state index contributed by atoms with van der Waals surface area (Å²) in [6, 6.07) is 10.1. The number of hydrogen-bond acceptors (Lipinski definition) is 3. The van der Waals surface area contributed by atoms with Crippen molar-refractivity contribution < 1.29 is 0 Å². The third-order valence-corrected chi connectivity index (χ3v) is 3.86. The molecule has 2 rings (SSSR count). The van der Waals surface area contributed by atoms with Crippen LogP contribution < -0.4 is 5.73 Å². The van der Waals surface area contributed by atoms with Gasteiger partial charge in [0.05, 0.1) is 0 Å². The van der Waals surface area contributed by atoms with E-state index < -0.39 is 0 Å². The Labute approximate surface area is 132 Å². The van der Waals surface area contributed by atoms with E-state index in [0.717, 1.165) is 21.6 Å². The monoisotopic (exact) mass is 353 g/mol. The van der Waals surface area contributed by atoms with Crippen LogP contribution in [0.3, 0.4) is 0 Å². The molecule has 1 heterocycles. The average Bonchev–Trinajstić information content (AvgIpc) is 2.39. The summed E-state index contributed by atoms with van der Waals surface area (Å²) in [4.78, 5) is 6.41. The van der Waals surface area contributed by atoms with Gasteiger partial charge in [-0.3, -0.25) is 9.88 Å². The molecule has 106 valence electrons. The Bertz CT molecular complexity index is 577. The maximum atomic E-state index is 6.02. The fourth-order valence-electron chi connectivity index (χ4n) is 2.21. The van der Waals surface area contributed by atoms with E-state index in [1.807, 2.05) is 24.4 Å². The van der Waals surface area contributed by atoms with Crippen molar-refractivity contribution in [3.05, 3.63) is 63.3 Å². The van der Waals surface area contributed by atoms with Gasteiger partial charge in [0, 0.05) is 41.0 Å². The van der Waals surface area contributed by atoms with Gasteiger partial charge in [-0.15, -0.1) is 0 Å². The highest BCUT2D eigenvalue weighted by atomic mass is 79.9. The number of benzene rings is 1. The molecule has 0 saturated carbocycles. The Morgan fingerprint density at radius 1 is 1.35 bits per heavy atom. The van der Waals surface area contributed by atoms with Crippen LogP contribution in [-0.4, -0.2) is 23.5 Å². The van der Waals surface area contributed by atoms with Crippen molar-refractivity contribution in [2.45, 2.75) is 12.6 Å². The van der Waals surface area contributed by atoms with E-state index in [4.69, 9.17) is 17.3 Å². The molecule has 3 nitrogen and oxygen atoms in total. The normalized spacial score (nSPS) is 12.7. The van der Waals surface area contributed by atoms with Gasteiger partial charge in [0.25, 0.3) is 0 Å². The lowest BCUT2D eigenvalue weighted by Crippen LogP contribution is -2.30. The summed E-state index contributed by atoms with van der Waals surface area (Å²) >= 11 is 9.47. The molecule has 1 aromatic carbocycles. The molecule has 2 aromatic rings. The van der Waals surface area contributed by atoms with Crippen LogP contribution >= 0.6 is 27.5 Å². The summed E-state index contributed by atoms with van der Waals surface area (Å²) in [6.07, 6.45) is 3.63.